The zero-order valence-electron chi connectivity index (χ0n) is 12.2. The molecule has 0 aliphatic rings. The van der Waals surface area contributed by atoms with E-state index in [1.54, 1.807) is 0 Å². The number of unbranched alkanes of at least 4 members (excludes halogenated alkanes) is 2. The van der Waals surface area contributed by atoms with Crippen molar-refractivity contribution in [3.8, 4) is 0 Å². The predicted octanol–water partition coefficient (Wildman–Crippen LogP) is -0.188. The number of ether oxygens (including phenoxy) is 1. The minimum atomic E-state index is -0.799. The Labute approximate surface area is 138 Å². The van der Waals surface area contributed by atoms with Gasteiger partial charge in [-0.15, -0.1) is 24.8 Å². The van der Waals surface area contributed by atoms with Crippen molar-refractivity contribution < 1.29 is 14.3 Å². The van der Waals surface area contributed by atoms with Gasteiger partial charge in [0.1, 0.15) is 12.1 Å². The second-order valence-electron chi connectivity index (χ2n) is 4.52. The first-order chi connectivity index (χ1) is 9.02. The molecule has 0 amide bonds. The summed E-state index contributed by atoms with van der Waals surface area (Å²) in [6.45, 7) is 1.10. The molecule has 0 heterocycles. The average Bonchev–Trinajstić information content (AvgIpc) is 2.38. The number of halogens is 2. The second-order valence-corrected chi connectivity index (χ2v) is 4.52. The van der Waals surface area contributed by atoms with Gasteiger partial charge in [0.2, 0.25) is 0 Å². The van der Waals surface area contributed by atoms with Crippen molar-refractivity contribution in [1.82, 2.24) is 0 Å². The minimum Gasteiger partial charge on any atom is -0.391 e. The van der Waals surface area contributed by atoms with Crippen LogP contribution in [0.25, 0.3) is 0 Å². The quantitative estimate of drug-likeness (QED) is 0.243. The summed E-state index contributed by atoms with van der Waals surface area (Å²) < 4.78 is 4.64. The van der Waals surface area contributed by atoms with Gasteiger partial charge in [-0.1, -0.05) is 12.8 Å². The van der Waals surface area contributed by atoms with Crippen molar-refractivity contribution in [3.05, 3.63) is 0 Å². The van der Waals surface area contributed by atoms with E-state index in [9.17, 15) is 9.59 Å². The first-order valence-electron chi connectivity index (χ1n) is 6.69. The number of hydrogen-bond donors (Lipinski definition) is 4. The summed E-state index contributed by atoms with van der Waals surface area (Å²) in [5.74, 6) is -1.45. The Morgan fingerprint density at radius 1 is 0.762 bits per heavy atom. The molecule has 0 aromatic carbocycles. The van der Waals surface area contributed by atoms with Crippen molar-refractivity contribution in [3.63, 3.8) is 0 Å². The lowest BCUT2D eigenvalue weighted by Gasteiger charge is -2.13. The smallest absolute Gasteiger partial charge is 0.330 e. The number of nitrogens with two attached hydrogens (primary N) is 4. The lowest BCUT2D eigenvalue weighted by molar-refractivity contribution is -0.161. The zero-order valence-corrected chi connectivity index (χ0v) is 13.8. The Hall–Kier alpha value is -0.440. The number of esters is 2. The van der Waals surface area contributed by atoms with Crippen LogP contribution in [-0.4, -0.2) is 37.1 Å². The van der Waals surface area contributed by atoms with Crippen LogP contribution in [0.4, 0.5) is 0 Å². The van der Waals surface area contributed by atoms with Gasteiger partial charge in [0.25, 0.3) is 0 Å². The van der Waals surface area contributed by atoms with Gasteiger partial charge >= 0.3 is 11.9 Å². The van der Waals surface area contributed by atoms with Crippen molar-refractivity contribution in [2.75, 3.05) is 13.1 Å². The van der Waals surface area contributed by atoms with E-state index in [0.717, 1.165) is 25.7 Å². The third-order valence-corrected chi connectivity index (χ3v) is 2.75. The van der Waals surface area contributed by atoms with E-state index in [4.69, 9.17) is 22.9 Å². The molecule has 0 spiro atoms. The van der Waals surface area contributed by atoms with E-state index >= 15 is 0 Å². The largest absolute Gasteiger partial charge is 0.391 e. The summed E-state index contributed by atoms with van der Waals surface area (Å²) in [6, 6.07) is -1.60. The second kappa shape index (κ2) is 15.9. The highest BCUT2D eigenvalue weighted by Gasteiger charge is 2.22. The van der Waals surface area contributed by atoms with Crippen LogP contribution >= 0.6 is 24.8 Å². The fraction of sp³-hybridized carbons (Fsp3) is 0.833. The summed E-state index contributed by atoms with van der Waals surface area (Å²) in [7, 11) is 0. The molecule has 0 aromatic heterocycles. The van der Waals surface area contributed by atoms with E-state index in [1.807, 2.05) is 0 Å². The molecule has 0 saturated heterocycles. The van der Waals surface area contributed by atoms with Crippen molar-refractivity contribution in [2.24, 2.45) is 22.9 Å². The Morgan fingerprint density at radius 3 is 1.38 bits per heavy atom. The van der Waals surface area contributed by atoms with Crippen molar-refractivity contribution in [1.29, 1.82) is 0 Å². The normalized spacial score (nSPS) is 12.6. The molecule has 0 aromatic rings. The molecule has 9 heteroatoms. The molecule has 0 aliphatic heterocycles. The summed E-state index contributed by atoms with van der Waals surface area (Å²) in [4.78, 5) is 23.0. The van der Waals surface area contributed by atoms with E-state index in [0.29, 0.717) is 25.9 Å². The van der Waals surface area contributed by atoms with Crippen LogP contribution in [0.2, 0.25) is 0 Å². The first kappa shape index (κ1) is 25.5. The first-order valence-corrected chi connectivity index (χ1v) is 6.69. The molecule has 0 radical (unpaired) electrons. The number of carbonyl (C=O) groups is 2. The maximum atomic E-state index is 11.5. The summed E-state index contributed by atoms with van der Waals surface area (Å²) in [5, 5.41) is 0. The van der Waals surface area contributed by atoms with Crippen LogP contribution < -0.4 is 22.9 Å². The van der Waals surface area contributed by atoms with Gasteiger partial charge in [-0.25, -0.2) is 9.59 Å². The minimum absolute atomic E-state index is 0. The molecule has 7 nitrogen and oxygen atoms in total. The van der Waals surface area contributed by atoms with Crippen LogP contribution in [0, 0.1) is 0 Å². The Bertz CT molecular complexity index is 257. The number of hydrogen-bond acceptors (Lipinski definition) is 7. The van der Waals surface area contributed by atoms with E-state index in [2.05, 4.69) is 4.74 Å². The van der Waals surface area contributed by atoms with Crippen molar-refractivity contribution >= 4 is 36.8 Å². The zero-order chi connectivity index (χ0) is 14.7. The van der Waals surface area contributed by atoms with Crippen LogP contribution in [-0.2, 0) is 14.3 Å². The molecule has 21 heavy (non-hydrogen) atoms. The molecule has 0 fully saturated rings. The fourth-order valence-corrected chi connectivity index (χ4v) is 1.50. The highest BCUT2D eigenvalue weighted by atomic mass is 35.5. The lowest BCUT2D eigenvalue weighted by atomic mass is 10.1. The maximum Gasteiger partial charge on any atom is 0.330 e. The molecular formula is C12H28Cl2N4O3. The Morgan fingerprint density at radius 2 is 1.10 bits per heavy atom. The van der Waals surface area contributed by atoms with Gasteiger partial charge in [-0.05, 0) is 38.8 Å². The SMILES string of the molecule is Cl.Cl.NCCCC[C@H](N)C(=O)OC(=O)[C@@H](N)CCCCN. The predicted molar refractivity (Wildman–Crippen MR) is 87.4 cm³/mol. The standard InChI is InChI=1S/C12H26N4O3.2ClH/c13-7-3-1-5-9(15)11(17)19-12(18)10(16)6-2-4-8-14;;/h9-10H,1-8,13-16H2;2*1H/t9-,10-;;/m0../s1. The number of rotatable bonds is 10. The summed E-state index contributed by atoms with van der Waals surface area (Å²) >= 11 is 0. The van der Waals surface area contributed by atoms with Gasteiger partial charge in [-0.2, -0.15) is 0 Å². The van der Waals surface area contributed by atoms with Crippen molar-refractivity contribution in [2.45, 2.75) is 50.6 Å². The summed E-state index contributed by atoms with van der Waals surface area (Å²) in [6.07, 6.45) is 3.92. The Balaban J connectivity index is -0.00000162. The molecular weight excluding hydrogens is 319 g/mol. The van der Waals surface area contributed by atoms with Crippen LogP contribution in [0.1, 0.15) is 38.5 Å². The fourth-order valence-electron chi connectivity index (χ4n) is 1.50. The van der Waals surface area contributed by atoms with Gasteiger partial charge < -0.3 is 27.7 Å². The third-order valence-electron chi connectivity index (χ3n) is 2.75. The van der Waals surface area contributed by atoms with E-state index < -0.39 is 24.0 Å². The monoisotopic (exact) mass is 346 g/mol. The molecule has 128 valence electrons. The van der Waals surface area contributed by atoms with Gasteiger partial charge in [0.15, 0.2) is 0 Å². The van der Waals surface area contributed by atoms with E-state index in [-0.39, 0.29) is 24.8 Å². The molecule has 0 bridgehead atoms. The highest BCUT2D eigenvalue weighted by Crippen LogP contribution is 2.03. The lowest BCUT2D eigenvalue weighted by Crippen LogP contribution is -2.39. The summed E-state index contributed by atoms with van der Waals surface area (Å²) in [5.41, 5.74) is 21.9. The van der Waals surface area contributed by atoms with E-state index in [1.165, 1.54) is 0 Å². The van der Waals surface area contributed by atoms with Crippen LogP contribution in [0.15, 0.2) is 0 Å². The molecule has 2 atom stereocenters. The van der Waals surface area contributed by atoms with Gasteiger partial charge in [0, 0.05) is 0 Å². The van der Waals surface area contributed by atoms with Gasteiger partial charge in [0.05, 0.1) is 0 Å². The highest BCUT2D eigenvalue weighted by molar-refractivity contribution is 5.90. The maximum absolute atomic E-state index is 11.5. The molecule has 0 unspecified atom stereocenters. The third kappa shape index (κ3) is 13.0. The molecule has 0 aliphatic carbocycles. The molecule has 0 rings (SSSR count). The Kier molecular flexibility index (Phi) is 19.4. The van der Waals surface area contributed by atoms with Gasteiger partial charge in [-0.3, -0.25) is 0 Å². The topological polar surface area (TPSA) is 147 Å². The molecule has 0 saturated carbocycles. The average molecular weight is 347 g/mol. The van der Waals surface area contributed by atoms with Crippen LogP contribution in [0.5, 0.6) is 0 Å². The van der Waals surface area contributed by atoms with Crippen LogP contribution in [0.3, 0.4) is 0 Å². The number of carbonyl (C=O) groups excluding carboxylic acids is 2. The molecule has 8 N–H and O–H groups in total.